The fourth-order valence-electron chi connectivity index (χ4n) is 7.93. The standard InChI is InChI=1S/C33H35ClN4O3.C15H29NO.2C2H6/c1-7-19(2)29-23(13-10-16-27(29)35-31(39)26-18-37(4)20(3)38(5)33(26)40)24-14-9-15-25(30(24)34)28-17-21-11-8-12-22(21)32(36-28)41-6;1-5-12(3)10-15(4,6-2)11-16-14(17)9-13-7-8-13;2*1-2/h9-10,13-19H,3,7-8,11-12H2,1-2,4-6H3,(H,35,39);12-13H,5-11H2,1-4H3,(H,16,17);2*1-2H3. The van der Waals surface area contributed by atoms with Crippen molar-refractivity contribution in [2.24, 2.45) is 17.3 Å². The Hall–Kier alpha value is -4.63. The minimum Gasteiger partial charge on any atom is -0.481 e. The van der Waals surface area contributed by atoms with Crippen LogP contribution in [0.5, 0.6) is 5.88 Å². The van der Waals surface area contributed by atoms with E-state index >= 15 is 0 Å². The van der Waals surface area contributed by atoms with E-state index < -0.39 is 11.8 Å². The number of aryl methyl sites for hydroxylation is 1. The number of carbonyl (C=O) groups is 3. The number of nitrogens with one attached hydrogen (secondary N) is 2. The molecular weight excluding hydrogens is 794 g/mol. The van der Waals surface area contributed by atoms with Crippen LogP contribution in [0.1, 0.15) is 143 Å². The summed E-state index contributed by atoms with van der Waals surface area (Å²) in [6.45, 7) is 26.0. The predicted octanol–water partition coefficient (Wildman–Crippen LogP) is 12.6. The van der Waals surface area contributed by atoms with Crippen LogP contribution in [0.2, 0.25) is 5.02 Å². The topological polar surface area (TPSA) is 104 Å². The quantitative estimate of drug-likeness (QED) is 0.147. The van der Waals surface area contributed by atoms with Crippen molar-refractivity contribution in [3.8, 4) is 28.3 Å². The van der Waals surface area contributed by atoms with Gasteiger partial charge in [0.05, 0.1) is 17.8 Å². The second-order valence-electron chi connectivity index (χ2n) is 16.9. The minimum atomic E-state index is -0.475. The van der Waals surface area contributed by atoms with Gasteiger partial charge in [0.15, 0.2) is 0 Å². The lowest BCUT2D eigenvalue weighted by atomic mass is 9.78. The first-order chi connectivity index (χ1) is 29.6. The smallest absolute Gasteiger partial charge is 0.266 e. The third kappa shape index (κ3) is 13.0. The fraction of sp³-hybridized carbons (Fsp3) is 0.538. The first-order valence-electron chi connectivity index (χ1n) is 23.1. The Balaban J connectivity index is 0.000000409. The summed E-state index contributed by atoms with van der Waals surface area (Å²) in [6, 6.07) is 13.9. The van der Waals surface area contributed by atoms with Crippen molar-refractivity contribution in [1.29, 1.82) is 0 Å². The molecule has 3 aromatic rings. The molecule has 10 heteroatoms. The normalized spacial score (nSPS) is 16.1. The van der Waals surface area contributed by atoms with Crippen LogP contribution in [0.4, 0.5) is 5.69 Å². The van der Waals surface area contributed by atoms with Crippen molar-refractivity contribution in [3.63, 3.8) is 0 Å². The maximum absolute atomic E-state index is 13.4. The monoisotopic (exact) mass is 870 g/mol. The maximum Gasteiger partial charge on any atom is 0.266 e. The van der Waals surface area contributed by atoms with Gasteiger partial charge in [-0.25, -0.2) is 4.98 Å². The summed E-state index contributed by atoms with van der Waals surface area (Å²) in [6.07, 6.45) is 12.3. The second kappa shape index (κ2) is 24.3. The molecule has 1 aliphatic heterocycles. The van der Waals surface area contributed by atoms with E-state index in [0.717, 1.165) is 78.9 Å². The Morgan fingerprint density at radius 1 is 0.984 bits per heavy atom. The summed E-state index contributed by atoms with van der Waals surface area (Å²) in [5, 5.41) is 6.74. The highest BCUT2D eigenvalue weighted by atomic mass is 35.5. The number of hydrogen-bond donors (Lipinski definition) is 2. The molecule has 3 aliphatic rings. The van der Waals surface area contributed by atoms with Gasteiger partial charge in [-0.05, 0) is 103 Å². The lowest BCUT2D eigenvalue weighted by Gasteiger charge is -2.32. The van der Waals surface area contributed by atoms with E-state index in [0.29, 0.717) is 28.3 Å². The van der Waals surface area contributed by atoms with Crippen LogP contribution in [0.25, 0.3) is 22.4 Å². The maximum atomic E-state index is 13.4. The highest BCUT2D eigenvalue weighted by Gasteiger charge is 2.31. The average Bonchev–Trinajstić information content (AvgIpc) is 3.98. The van der Waals surface area contributed by atoms with Crippen LogP contribution in [0.3, 0.4) is 0 Å². The molecule has 62 heavy (non-hydrogen) atoms. The highest BCUT2D eigenvalue weighted by molar-refractivity contribution is 6.36. The second-order valence-corrected chi connectivity index (χ2v) is 17.3. The number of amides is 3. The van der Waals surface area contributed by atoms with Crippen LogP contribution >= 0.6 is 11.6 Å². The van der Waals surface area contributed by atoms with Gasteiger partial charge in [0.2, 0.25) is 11.8 Å². The number of halogens is 1. The van der Waals surface area contributed by atoms with E-state index in [9.17, 15) is 14.4 Å². The zero-order chi connectivity index (χ0) is 46.3. The molecule has 3 atom stereocenters. The van der Waals surface area contributed by atoms with E-state index in [4.69, 9.17) is 21.3 Å². The molecule has 1 saturated carbocycles. The summed E-state index contributed by atoms with van der Waals surface area (Å²) in [7, 11) is 5.02. The van der Waals surface area contributed by atoms with Crippen molar-refractivity contribution in [3.05, 3.63) is 88.4 Å². The number of methoxy groups -OCH3 is 1. The van der Waals surface area contributed by atoms with Crippen molar-refractivity contribution < 1.29 is 19.1 Å². The Labute approximate surface area is 379 Å². The molecule has 0 spiro atoms. The molecule has 3 unspecified atom stereocenters. The number of ether oxygens (including phenoxy) is 1. The number of pyridine rings is 1. The number of likely N-dealkylation sites (N-methyl/N-ethyl adjacent to an activating group) is 1. The van der Waals surface area contributed by atoms with Crippen molar-refractivity contribution in [2.45, 2.75) is 139 Å². The molecule has 3 amide bonds. The SMILES string of the molecule is C=C1N(C)C=C(C(=O)Nc2cccc(-c3cccc(-c4cc5c(c(OC)n4)CCC5)c3Cl)c2C(C)CC)C(=O)N1C.CC.CC.CCC(C)CC(C)(CC)CNC(=O)CC1CC1. The molecular formula is C52H76ClN5O4. The fourth-order valence-corrected chi connectivity index (χ4v) is 8.26. The summed E-state index contributed by atoms with van der Waals surface area (Å²) in [4.78, 5) is 45.9. The lowest BCUT2D eigenvalue weighted by molar-refractivity contribution is -0.128. The molecule has 1 aromatic heterocycles. The molecule has 0 radical (unpaired) electrons. The molecule has 0 bridgehead atoms. The highest BCUT2D eigenvalue weighted by Crippen LogP contribution is 2.43. The molecule has 2 N–H and O–H groups in total. The minimum absolute atomic E-state index is 0.0413. The van der Waals surface area contributed by atoms with Gasteiger partial charge >= 0.3 is 0 Å². The van der Waals surface area contributed by atoms with Crippen LogP contribution in [0.15, 0.2) is 66.6 Å². The first-order valence-corrected chi connectivity index (χ1v) is 23.5. The van der Waals surface area contributed by atoms with Crippen LogP contribution in [-0.4, -0.2) is 60.3 Å². The average molecular weight is 871 g/mol. The summed E-state index contributed by atoms with van der Waals surface area (Å²) < 4.78 is 5.63. The van der Waals surface area contributed by atoms with Crippen molar-refractivity contribution >= 4 is 35.0 Å². The Kier molecular flexibility index (Phi) is 20.3. The molecule has 2 heterocycles. The summed E-state index contributed by atoms with van der Waals surface area (Å²) >= 11 is 7.15. The van der Waals surface area contributed by atoms with Gasteiger partial charge in [-0.1, -0.05) is 124 Å². The lowest BCUT2D eigenvalue weighted by Crippen LogP contribution is -2.41. The molecule has 1 fully saturated rings. The molecule has 9 nitrogen and oxygen atoms in total. The first kappa shape index (κ1) is 51.7. The number of aromatic nitrogens is 1. The van der Waals surface area contributed by atoms with Crippen LogP contribution < -0.4 is 15.4 Å². The van der Waals surface area contributed by atoms with Crippen molar-refractivity contribution in [2.75, 3.05) is 33.1 Å². The van der Waals surface area contributed by atoms with E-state index in [1.54, 1.807) is 26.1 Å². The Bertz CT molecular complexity index is 2040. The van der Waals surface area contributed by atoms with Gasteiger partial charge in [-0.2, -0.15) is 0 Å². The predicted molar refractivity (Wildman–Crippen MR) is 259 cm³/mol. The van der Waals surface area contributed by atoms with Crippen molar-refractivity contribution in [1.82, 2.24) is 20.1 Å². The van der Waals surface area contributed by atoms with Gasteiger partial charge in [-0.3, -0.25) is 19.3 Å². The van der Waals surface area contributed by atoms with E-state index in [2.05, 4.69) is 64.8 Å². The van der Waals surface area contributed by atoms with Gasteiger partial charge in [0.25, 0.3) is 11.8 Å². The molecule has 340 valence electrons. The van der Waals surface area contributed by atoms with Gasteiger partial charge < -0.3 is 20.3 Å². The molecule has 6 rings (SSSR count). The van der Waals surface area contributed by atoms with Crippen LogP contribution in [-0.2, 0) is 27.2 Å². The Morgan fingerprint density at radius 2 is 1.63 bits per heavy atom. The number of nitrogens with zero attached hydrogens (tertiary/aromatic N) is 3. The number of anilines is 1. The van der Waals surface area contributed by atoms with Gasteiger partial charge in [0, 0.05) is 55.6 Å². The number of rotatable bonds is 15. The zero-order valence-corrected chi connectivity index (χ0v) is 40.9. The molecule has 0 saturated heterocycles. The Morgan fingerprint density at radius 3 is 2.24 bits per heavy atom. The number of carbonyl (C=O) groups excluding carboxylic acids is 3. The van der Waals surface area contributed by atoms with E-state index in [1.807, 2.05) is 64.1 Å². The number of benzene rings is 2. The number of hydrogen-bond acceptors (Lipinski definition) is 6. The summed E-state index contributed by atoms with van der Waals surface area (Å²) in [5.74, 6) is 2.08. The van der Waals surface area contributed by atoms with E-state index in [1.165, 1.54) is 47.9 Å². The third-order valence-electron chi connectivity index (χ3n) is 12.4. The van der Waals surface area contributed by atoms with Crippen LogP contribution in [0, 0.1) is 17.3 Å². The largest absolute Gasteiger partial charge is 0.481 e. The zero-order valence-electron chi connectivity index (χ0n) is 40.2. The number of fused-ring (bicyclic) bond motifs is 1. The van der Waals surface area contributed by atoms with E-state index in [-0.39, 0.29) is 22.8 Å². The molecule has 2 aliphatic carbocycles. The van der Waals surface area contributed by atoms with Gasteiger partial charge in [-0.15, -0.1) is 0 Å². The summed E-state index contributed by atoms with van der Waals surface area (Å²) in [5.41, 5.74) is 7.72. The van der Waals surface area contributed by atoms with Gasteiger partial charge in [0.1, 0.15) is 11.4 Å². The molecule has 2 aromatic carbocycles. The third-order valence-corrected chi connectivity index (χ3v) is 12.8.